The van der Waals surface area contributed by atoms with Crippen LogP contribution in [0.3, 0.4) is 0 Å². The van der Waals surface area contributed by atoms with E-state index < -0.39 is 0 Å². The second-order valence-corrected chi connectivity index (χ2v) is 7.97. The van der Waals surface area contributed by atoms with Gasteiger partial charge in [-0.2, -0.15) is 0 Å². The standard InChI is InChI=1S/C19H30N2/c1-19(2,3)21-16-11-9-15(10-12-16)20-18-13-17(18)14-7-5-4-6-8-14/h4-8,15-18,20-21H,9-13H2,1-3H3/t15?,16?,17-,18?/m0/s1. The second kappa shape index (κ2) is 6.10. The molecule has 2 atom stereocenters. The lowest BCUT2D eigenvalue weighted by Gasteiger charge is -2.34. The molecule has 116 valence electrons. The lowest BCUT2D eigenvalue weighted by atomic mass is 9.89. The van der Waals surface area contributed by atoms with Crippen LogP contribution in [0.2, 0.25) is 0 Å². The Labute approximate surface area is 129 Å². The highest BCUT2D eigenvalue weighted by atomic mass is 15.0. The highest BCUT2D eigenvalue weighted by Crippen LogP contribution is 2.41. The SMILES string of the molecule is CC(C)(C)NC1CCC(NC2C[C@H]2c2ccccc2)CC1. The van der Waals surface area contributed by atoms with Crippen molar-refractivity contribution in [3.8, 4) is 0 Å². The lowest BCUT2D eigenvalue weighted by molar-refractivity contribution is 0.260. The van der Waals surface area contributed by atoms with Crippen LogP contribution >= 0.6 is 0 Å². The van der Waals surface area contributed by atoms with E-state index in [0.717, 1.165) is 18.0 Å². The molecule has 2 N–H and O–H groups in total. The van der Waals surface area contributed by atoms with Crippen LogP contribution in [0, 0.1) is 0 Å². The summed E-state index contributed by atoms with van der Waals surface area (Å²) < 4.78 is 0. The van der Waals surface area contributed by atoms with Gasteiger partial charge in [0.1, 0.15) is 0 Å². The molecule has 2 aliphatic rings. The quantitative estimate of drug-likeness (QED) is 0.879. The van der Waals surface area contributed by atoms with E-state index in [1.54, 1.807) is 0 Å². The maximum atomic E-state index is 3.90. The average Bonchev–Trinajstić information content (AvgIpc) is 3.20. The molecule has 0 bridgehead atoms. The maximum Gasteiger partial charge on any atom is 0.0145 e. The van der Waals surface area contributed by atoms with Crippen molar-refractivity contribution in [1.29, 1.82) is 0 Å². The summed E-state index contributed by atoms with van der Waals surface area (Å²) in [6.45, 7) is 6.81. The van der Waals surface area contributed by atoms with E-state index in [4.69, 9.17) is 0 Å². The molecule has 0 saturated heterocycles. The molecule has 0 aliphatic heterocycles. The molecule has 0 radical (unpaired) electrons. The summed E-state index contributed by atoms with van der Waals surface area (Å²) in [4.78, 5) is 0. The van der Waals surface area contributed by atoms with Crippen LogP contribution in [0.4, 0.5) is 0 Å². The van der Waals surface area contributed by atoms with Crippen molar-refractivity contribution < 1.29 is 0 Å². The maximum absolute atomic E-state index is 3.90. The van der Waals surface area contributed by atoms with Gasteiger partial charge >= 0.3 is 0 Å². The summed E-state index contributed by atoms with van der Waals surface area (Å²) >= 11 is 0. The molecule has 2 saturated carbocycles. The number of nitrogens with one attached hydrogen (secondary N) is 2. The fraction of sp³-hybridized carbons (Fsp3) is 0.684. The lowest BCUT2D eigenvalue weighted by Crippen LogP contribution is -2.47. The first-order chi connectivity index (χ1) is 10.0. The minimum Gasteiger partial charge on any atom is -0.311 e. The molecule has 0 amide bonds. The van der Waals surface area contributed by atoms with Gasteiger partial charge < -0.3 is 10.6 Å². The van der Waals surface area contributed by atoms with Crippen LogP contribution in [0.25, 0.3) is 0 Å². The van der Waals surface area contributed by atoms with Gasteiger partial charge in [-0.1, -0.05) is 30.3 Å². The van der Waals surface area contributed by atoms with Crippen LogP contribution in [0.5, 0.6) is 0 Å². The Morgan fingerprint density at radius 1 is 0.905 bits per heavy atom. The van der Waals surface area contributed by atoms with Crippen molar-refractivity contribution >= 4 is 0 Å². The van der Waals surface area contributed by atoms with E-state index in [1.807, 2.05) is 0 Å². The number of rotatable bonds is 4. The van der Waals surface area contributed by atoms with Crippen molar-refractivity contribution in [2.75, 3.05) is 0 Å². The monoisotopic (exact) mass is 286 g/mol. The minimum atomic E-state index is 0.250. The van der Waals surface area contributed by atoms with Gasteiger partial charge in [-0.3, -0.25) is 0 Å². The molecule has 0 aromatic heterocycles. The first-order valence-corrected chi connectivity index (χ1v) is 8.60. The zero-order chi connectivity index (χ0) is 14.9. The second-order valence-electron chi connectivity index (χ2n) is 7.97. The van der Waals surface area contributed by atoms with Gasteiger partial charge in [0.25, 0.3) is 0 Å². The molecule has 0 heterocycles. The molecule has 2 fully saturated rings. The third-order valence-corrected chi connectivity index (χ3v) is 4.83. The highest BCUT2D eigenvalue weighted by Gasteiger charge is 2.39. The number of benzene rings is 1. The minimum absolute atomic E-state index is 0.250. The normalized spacial score (nSPS) is 32.9. The molecular formula is C19H30N2. The summed E-state index contributed by atoms with van der Waals surface area (Å²) in [7, 11) is 0. The fourth-order valence-corrected chi connectivity index (χ4v) is 3.77. The third kappa shape index (κ3) is 4.31. The Morgan fingerprint density at radius 2 is 1.52 bits per heavy atom. The van der Waals surface area contributed by atoms with E-state index in [1.165, 1.54) is 37.7 Å². The van der Waals surface area contributed by atoms with Gasteiger partial charge in [0.15, 0.2) is 0 Å². The van der Waals surface area contributed by atoms with Crippen LogP contribution in [-0.2, 0) is 0 Å². The Bertz CT molecular complexity index is 440. The van der Waals surface area contributed by atoms with Crippen molar-refractivity contribution in [3.63, 3.8) is 0 Å². The van der Waals surface area contributed by atoms with Gasteiger partial charge in [-0.05, 0) is 58.4 Å². The summed E-state index contributed by atoms with van der Waals surface area (Å²) in [6.07, 6.45) is 6.61. The Hall–Kier alpha value is -0.860. The van der Waals surface area contributed by atoms with Crippen molar-refractivity contribution in [3.05, 3.63) is 35.9 Å². The van der Waals surface area contributed by atoms with Crippen LogP contribution in [0.1, 0.15) is 64.4 Å². The fourth-order valence-electron chi connectivity index (χ4n) is 3.77. The summed E-state index contributed by atoms with van der Waals surface area (Å²) in [5.41, 5.74) is 1.76. The summed E-state index contributed by atoms with van der Waals surface area (Å²) in [5.74, 6) is 0.761. The van der Waals surface area contributed by atoms with E-state index in [-0.39, 0.29) is 5.54 Å². The van der Waals surface area contributed by atoms with Gasteiger partial charge in [0, 0.05) is 29.6 Å². The first-order valence-electron chi connectivity index (χ1n) is 8.60. The Balaban J connectivity index is 1.41. The Morgan fingerprint density at radius 3 is 2.14 bits per heavy atom. The van der Waals surface area contributed by atoms with Gasteiger partial charge in [0.2, 0.25) is 0 Å². The molecule has 2 heteroatoms. The van der Waals surface area contributed by atoms with E-state index >= 15 is 0 Å². The summed E-state index contributed by atoms with van der Waals surface area (Å²) in [6, 6.07) is 13.2. The van der Waals surface area contributed by atoms with Crippen LogP contribution in [-0.4, -0.2) is 23.7 Å². The molecule has 2 nitrogen and oxygen atoms in total. The largest absolute Gasteiger partial charge is 0.311 e. The zero-order valence-corrected chi connectivity index (χ0v) is 13.7. The highest BCUT2D eigenvalue weighted by molar-refractivity contribution is 5.27. The van der Waals surface area contributed by atoms with Crippen molar-refractivity contribution in [1.82, 2.24) is 10.6 Å². The summed E-state index contributed by atoms with van der Waals surface area (Å²) in [5, 5.41) is 7.65. The molecule has 0 spiro atoms. The molecule has 3 rings (SSSR count). The predicted molar refractivity (Wildman–Crippen MR) is 89.7 cm³/mol. The molecule has 2 aliphatic carbocycles. The molecule has 1 aromatic carbocycles. The van der Waals surface area contributed by atoms with Crippen LogP contribution < -0.4 is 10.6 Å². The molecule has 1 aromatic rings. The van der Waals surface area contributed by atoms with E-state index in [2.05, 4.69) is 61.7 Å². The topological polar surface area (TPSA) is 24.1 Å². The van der Waals surface area contributed by atoms with Gasteiger partial charge in [-0.15, -0.1) is 0 Å². The van der Waals surface area contributed by atoms with E-state index in [0.29, 0.717) is 6.04 Å². The molecule has 1 unspecified atom stereocenters. The van der Waals surface area contributed by atoms with Crippen LogP contribution in [0.15, 0.2) is 30.3 Å². The molecule has 21 heavy (non-hydrogen) atoms. The predicted octanol–water partition coefficient (Wildman–Crippen LogP) is 3.83. The van der Waals surface area contributed by atoms with Gasteiger partial charge in [0.05, 0.1) is 0 Å². The Kier molecular flexibility index (Phi) is 4.37. The van der Waals surface area contributed by atoms with Gasteiger partial charge in [-0.25, -0.2) is 0 Å². The van der Waals surface area contributed by atoms with E-state index in [9.17, 15) is 0 Å². The number of hydrogen-bond donors (Lipinski definition) is 2. The average molecular weight is 286 g/mol. The smallest absolute Gasteiger partial charge is 0.0145 e. The first kappa shape index (κ1) is 15.1. The third-order valence-electron chi connectivity index (χ3n) is 4.83. The van der Waals surface area contributed by atoms with Crippen molar-refractivity contribution in [2.45, 2.75) is 82.5 Å². The molecular weight excluding hydrogens is 256 g/mol. The van der Waals surface area contributed by atoms with Crippen molar-refractivity contribution in [2.24, 2.45) is 0 Å². The zero-order valence-electron chi connectivity index (χ0n) is 13.7. The number of hydrogen-bond acceptors (Lipinski definition) is 2.